The minimum Gasteiger partial charge on any atom is -0.496 e. The smallest absolute Gasteiger partial charge is 0.357 e. The molecule has 0 fully saturated rings. The first-order valence-corrected chi connectivity index (χ1v) is 13.9. The summed E-state index contributed by atoms with van der Waals surface area (Å²) >= 11 is 0. The molecule has 10 nitrogen and oxygen atoms in total. The van der Waals surface area contributed by atoms with E-state index in [0.717, 1.165) is 11.8 Å². The zero-order chi connectivity index (χ0) is 28.4. The number of nitrogens with one attached hydrogen (secondary N) is 2. The fraction of sp³-hybridized carbons (Fsp3) is 0.286. The molecule has 0 unspecified atom stereocenters. The molecule has 1 heterocycles. The lowest BCUT2D eigenvalue weighted by atomic mass is 10.1. The Morgan fingerprint density at radius 3 is 2.33 bits per heavy atom. The van der Waals surface area contributed by atoms with Crippen molar-refractivity contribution in [2.75, 3.05) is 13.7 Å². The predicted octanol–water partition coefficient (Wildman–Crippen LogP) is 3.53. The van der Waals surface area contributed by atoms with E-state index in [-0.39, 0.29) is 27.8 Å². The molecule has 0 atom stereocenters. The third-order valence-electron chi connectivity index (χ3n) is 5.93. The van der Waals surface area contributed by atoms with Gasteiger partial charge >= 0.3 is 5.97 Å². The van der Waals surface area contributed by atoms with Gasteiger partial charge in [0.2, 0.25) is 0 Å². The molecule has 0 aliphatic heterocycles. The Bertz CT molecular complexity index is 1420. The topological polar surface area (TPSA) is 141 Å². The van der Waals surface area contributed by atoms with Crippen LogP contribution in [0.2, 0.25) is 0 Å². The Labute approximate surface area is 227 Å². The van der Waals surface area contributed by atoms with Gasteiger partial charge in [0.15, 0.2) is 0 Å². The summed E-state index contributed by atoms with van der Waals surface area (Å²) in [5, 5.41) is 2.75. The van der Waals surface area contributed by atoms with E-state index in [4.69, 9.17) is 9.47 Å². The molecular weight excluding hydrogens is 522 g/mol. The van der Waals surface area contributed by atoms with Gasteiger partial charge < -0.3 is 14.8 Å². The molecule has 0 spiro atoms. The highest BCUT2D eigenvalue weighted by Gasteiger charge is 2.21. The van der Waals surface area contributed by atoms with Crippen molar-refractivity contribution in [3.8, 4) is 5.75 Å². The van der Waals surface area contributed by atoms with E-state index in [0.29, 0.717) is 31.6 Å². The highest BCUT2D eigenvalue weighted by atomic mass is 32.2. The largest absolute Gasteiger partial charge is 0.496 e. The van der Waals surface area contributed by atoms with Crippen LogP contribution in [0.1, 0.15) is 63.5 Å². The molecule has 11 heteroatoms. The van der Waals surface area contributed by atoms with Crippen LogP contribution in [0.3, 0.4) is 0 Å². The number of rotatable bonds is 12. The number of nitrogens with zero attached hydrogens (tertiary/aromatic N) is 1. The van der Waals surface area contributed by atoms with E-state index >= 15 is 0 Å². The Morgan fingerprint density at radius 2 is 1.67 bits per heavy atom. The fourth-order valence-corrected chi connectivity index (χ4v) is 4.70. The van der Waals surface area contributed by atoms with E-state index in [1.165, 1.54) is 36.4 Å². The van der Waals surface area contributed by atoms with Gasteiger partial charge in [-0.1, -0.05) is 38.1 Å². The number of hydrogen-bond donors (Lipinski definition) is 2. The molecule has 2 amide bonds. The molecule has 0 radical (unpaired) electrons. The van der Waals surface area contributed by atoms with E-state index in [2.05, 4.69) is 10.3 Å². The number of aromatic nitrogens is 1. The van der Waals surface area contributed by atoms with Gasteiger partial charge in [-0.25, -0.2) is 22.9 Å². The van der Waals surface area contributed by atoms with Crippen LogP contribution in [-0.4, -0.2) is 50.9 Å². The molecular formula is C28H31N3O7S. The summed E-state index contributed by atoms with van der Waals surface area (Å²) in [6.07, 6.45) is 2.70. The number of esters is 1. The first-order chi connectivity index (χ1) is 18.7. The van der Waals surface area contributed by atoms with Gasteiger partial charge in [0.25, 0.3) is 21.8 Å². The van der Waals surface area contributed by atoms with Crippen molar-refractivity contribution >= 4 is 27.8 Å². The lowest BCUT2D eigenvalue weighted by Gasteiger charge is -2.13. The summed E-state index contributed by atoms with van der Waals surface area (Å²) in [5.41, 5.74) is 0.978. The zero-order valence-electron chi connectivity index (χ0n) is 22.0. The molecule has 0 saturated carbocycles. The van der Waals surface area contributed by atoms with Crippen molar-refractivity contribution in [3.05, 3.63) is 89.2 Å². The minimum atomic E-state index is -4.30. The number of carbonyl (C=O) groups excluding carboxylic acids is 3. The van der Waals surface area contributed by atoms with Gasteiger partial charge in [0, 0.05) is 18.3 Å². The van der Waals surface area contributed by atoms with Gasteiger partial charge in [-0.2, -0.15) is 0 Å². The van der Waals surface area contributed by atoms with Gasteiger partial charge in [0.05, 0.1) is 17.6 Å². The number of amides is 2. The molecule has 2 N–H and O–H groups in total. The molecule has 0 aliphatic rings. The molecule has 3 rings (SSSR count). The second kappa shape index (κ2) is 13.5. The average Bonchev–Trinajstić information content (AvgIpc) is 2.95. The molecule has 39 heavy (non-hydrogen) atoms. The number of ether oxygens (including phenoxy) is 2. The van der Waals surface area contributed by atoms with Gasteiger partial charge in [0.1, 0.15) is 17.5 Å². The molecule has 0 aliphatic carbocycles. The van der Waals surface area contributed by atoms with E-state index in [9.17, 15) is 22.8 Å². The van der Waals surface area contributed by atoms with E-state index in [1.54, 1.807) is 7.11 Å². The quantitative estimate of drug-likeness (QED) is 0.325. The zero-order valence-corrected chi connectivity index (χ0v) is 22.8. The number of carbonyl (C=O) groups is 3. The summed E-state index contributed by atoms with van der Waals surface area (Å²) in [4.78, 5) is 41.1. The third kappa shape index (κ3) is 7.87. The first kappa shape index (κ1) is 29.3. The number of benzene rings is 2. The van der Waals surface area contributed by atoms with Crippen molar-refractivity contribution in [1.82, 2.24) is 15.0 Å². The van der Waals surface area contributed by atoms with E-state index in [1.807, 2.05) is 42.8 Å². The molecule has 2 aromatic carbocycles. The monoisotopic (exact) mass is 553 g/mol. The minimum absolute atomic E-state index is 0.00530. The van der Waals surface area contributed by atoms with Gasteiger partial charge in [-0.05, 0) is 61.2 Å². The highest BCUT2D eigenvalue weighted by molar-refractivity contribution is 7.90. The maximum Gasteiger partial charge on any atom is 0.357 e. The third-order valence-corrected chi connectivity index (χ3v) is 7.25. The van der Waals surface area contributed by atoms with Gasteiger partial charge in [-0.15, -0.1) is 0 Å². The van der Waals surface area contributed by atoms with Crippen LogP contribution >= 0.6 is 0 Å². The maximum atomic E-state index is 12.9. The van der Waals surface area contributed by atoms with Crippen molar-refractivity contribution in [3.63, 3.8) is 0 Å². The summed E-state index contributed by atoms with van der Waals surface area (Å²) < 4.78 is 38.3. The fourth-order valence-electron chi connectivity index (χ4n) is 3.68. The number of methoxy groups -OCH3 is 1. The van der Waals surface area contributed by atoms with Crippen LogP contribution in [0.4, 0.5) is 0 Å². The molecule has 206 valence electrons. The summed E-state index contributed by atoms with van der Waals surface area (Å²) in [7, 11) is -2.73. The molecule has 1 aromatic heterocycles. The Kier molecular flexibility index (Phi) is 10.2. The van der Waals surface area contributed by atoms with Crippen molar-refractivity contribution in [2.24, 2.45) is 0 Å². The van der Waals surface area contributed by atoms with Crippen LogP contribution in [0.15, 0.2) is 71.8 Å². The van der Waals surface area contributed by atoms with Crippen LogP contribution in [0, 0.1) is 0 Å². The van der Waals surface area contributed by atoms with Crippen LogP contribution in [0.5, 0.6) is 5.75 Å². The standard InChI is InChI=1S/C28H31N3O7S/c1-4-22(5-2)38-28(34)24-14-13-21(18-30-24)27(33)31-39(35,36)23-11-8-10-20(17-23)26(32)29-16-15-19-9-6-7-12-25(19)37-3/h6-14,17-18,22H,4-5,15-16H2,1-3H3,(H,29,32)(H,31,33). The Morgan fingerprint density at radius 1 is 0.923 bits per heavy atom. The lowest BCUT2D eigenvalue weighted by molar-refractivity contribution is 0.0277. The van der Waals surface area contributed by atoms with Crippen LogP contribution < -0.4 is 14.8 Å². The predicted molar refractivity (Wildman–Crippen MR) is 144 cm³/mol. The highest BCUT2D eigenvalue weighted by Crippen LogP contribution is 2.18. The van der Waals surface area contributed by atoms with Gasteiger partial charge in [-0.3, -0.25) is 9.59 Å². The maximum absolute atomic E-state index is 12.9. The summed E-state index contributed by atoms with van der Waals surface area (Å²) in [6.45, 7) is 4.10. The lowest BCUT2D eigenvalue weighted by Crippen LogP contribution is -2.31. The first-order valence-electron chi connectivity index (χ1n) is 12.4. The van der Waals surface area contributed by atoms with Crippen molar-refractivity contribution in [2.45, 2.75) is 44.1 Å². The second-order valence-corrected chi connectivity index (χ2v) is 10.2. The second-order valence-electron chi connectivity index (χ2n) is 8.56. The summed E-state index contributed by atoms with van der Waals surface area (Å²) in [5.74, 6) is -1.31. The van der Waals surface area contributed by atoms with Crippen molar-refractivity contribution < 1.29 is 32.3 Å². The number of pyridine rings is 1. The molecule has 0 bridgehead atoms. The SMILES string of the molecule is CCC(CC)OC(=O)c1ccc(C(=O)NS(=O)(=O)c2cccc(C(=O)NCCc3ccccc3OC)c2)cn1. The average molecular weight is 554 g/mol. The van der Waals surface area contributed by atoms with E-state index < -0.39 is 27.8 Å². The van der Waals surface area contributed by atoms with Crippen LogP contribution in [0.25, 0.3) is 0 Å². The summed E-state index contributed by atoms with van der Waals surface area (Å²) in [6, 6.07) is 15.4. The number of hydrogen-bond acceptors (Lipinski definition) is 8. The molecule has 0 saturated heterocycles. The number of sulfonamides is 1. The Hall–Kier alpha value is -4.25. The number of para-hydroxylation sites is 1. The van der Waals surface area contributed by atoms with Crippen LogP contribution in [-0.2, 0) is 21.2 Å². The normalized spacial score (nSPS) is 11.1. The molecule has 3 aromatic rings. The Balaban J connectivity index is 1.63. The van der Waals surface area contributed by atoms with Crippen molar-refractivity contribution in [1.29, 1.82) is 0 Å².